The van der Waals surface area contributed by atoms with Crippen LogP contribution in [-0.4, -0.2) is 27.9 Å². The molecule has 0 atom stereocenters. The number of hydrogen-bond donors (Lipinski definition) is 1. The molecule has 5 aromatic rings. The van der Waals surface area contributed by atoms with E-state index in [1.165, 1.54) is 6.33 Å². The van der Waals surface area contributed by atoms with Gasteiger partial charge >= 0.3 is 0 Å². The molecule has 10 heteroatoms. The molecule has 5 rings (SSSR count). The monoisotopic (exact) mass is 803 g/mol. The molecule has 0 spiro atoms. The number of fused-ring (bicyclic) bond motifs is 1. The molecule has 7 nitrogen and oxygen atoms in total. The highest BCUT2D eigenvalue weighted by Crippen LogP contribution is 2.50. The van der Waals surface area contributed by atoms with Crippen LogP contribution < -0.4 is 10.1 Å². The van der Waals surface area contributed by atoms with Crippen molar-refractivity contribution >= 4 is 43.8 Å². The van der Waals surface area contributed by atoms with E-state index in [2.05, 4.69) is 29.1 Å². The average molecular weight is 805 g/mol. The lowest BCUT2D eigenvalue weighted by Crippen LogP contribution is -2.54. The normalized spacial score (nSPS) is 13.1. The molecule has 0 saturated heterocycles. The van der Waals surface area contributed by atoms with Crippen LogP contribution in [-0.2, 0) is 21.9 Å². The maximum atomic E-state index is 15.0. The summed E-state index contributed by atoms with van der Waals surface area (Å²) in [5.74, 6) is 2.44. The second-order valence-corrected chi connectivity index (χ2v) is 21.9. The number of hydrogen-bond acceptors (Lipinski definition) is 7. The number of anilines is 2. The lowest BCUT2D eigenvalue weighted by Gasteiger charge is -2.47. The first kappa shape index (κ1) is 43.2. The molecule has 0 unspecified atom stereocenters. The molecule has 1 N–H and O–H groups in total. The third-order valence-corrected chi connectivity index (χ3v) is 16.6. The van der Waals surface area contributed by atoms with Crippen molar-refractivity contribution in [2.24, 2.45) is 5.41 Å². The van der Waals surface area contributed by atoms with Gasteiger partial charge in [-0.15, -0.1) is 0 Å². The minimum absolute atomic E-state index is 0.196. The van der Waals surface area contributed by atoms with Gasteiger partial charge < -0.3 is 14.5 Å². The summed E-state index contributed by atoms with van der Waals surface area (Å²) in [7, 11) is -3.48. The van der Waals surface area contributed by atoms with Crippen LogP contribution in [0.2, 0.25) is 5.02 Å². The van der Waals surface area contributed by atoms with Crippen LogP contribution in [0.15, 0.2) is 41.1 Å². The van der Waals surface area contributed by atoms with Gasteiger partial charge in [0.25, 0.3) is 0 Å². The molecule has 0 aliphatic heterocycles. The Kier molecular flexibility index (Phi) is 11.4. The van der Waals surface area contributed by atoms with E-state index in [-0.39, 0.29) is 12.4 Å². The SMILES string of the molecule is Cc1c(C)c(F)c(C)c(COc2c(C)c(C)c(Nc3ncnc4ccc(-c5ccc(C(C)(C)CC(C)(C)C(C)(C)S(=O)(=O)C(C)(C)C)o5)cc34)c(C)c2Cl)c1C. The van der Waals surface area contributed by atoms with Crippen molar-refractivity contribution in [2.45, 2.75) is 139 Å². The molecule has 0 aliphatic carbocycles. The van der Waals surface area contributed by atoms with E-state index in [1.54, 1.807) is 34.6 Å². The van der Waals surface area contributed by atoms with Gasteiger partial charge in [-0.1, -0.05) is 39.3 Å². The van der Waals surface area contributed by atoms with Gasteiger partial charge in [0.05, 0.1) is 20.0 Å². The number of nitrogens with zero attached hydrogens (tertiary/aromatic N) is 2. The standard InChI is InChI=1S/C46H59ClFN3O4S/c1-25-26(2)34(30(6)39(48)27(25)3)22-54-41-29(5)28(4)40(31(7)38(41)47)51-42-33-21-32(17-18-35(33)49-24-50-42)36-19-20-37(55-36)44(11,12)23-45(13,14)46(15,16)56(52,53)43(8,9)10/h17-21,24H,22-23H2,1-16H3,(H,49,50,51). The Labute approximate surface area is 338 Å². The Morgan fingerprint density at radius 2 is 1.43 bits per heavy atom. The summed E-state index contributed by atoms with van der Waals surface area (Å²) in [6, 6.07) is 9.89. The minimum atomic E-state index is -3.48. The Bertz CT molecular complexity index is 2400. The number of nitrogens with one attached hydrogen (secondary N) is 1. The maximum Gasteiger partial charge on any atom is 0.160 e. The Balaban J connectivity index is 1.45. The van der Waals surface area contributed by atoms with Crippen molar-refractivity contribution in [2.75, 3.05) is 5.32 Å². The zero-order valence-electron chi connectivity index (χ0n) is 36.1. The van der Waals surface area contributed by atoms with Crippen LogP contribution in [0.5, 0.6) is 5.75 Å². The molecule has 0 saturated carbocycles. The van der Waals surface area contributed by atoms with Crippen molar-refractivity contribution in [3.05, 3.63) is 97.8 Å². The fourth-order valence-corrected chi connectivity index (χ4v) is 10.6. The zero-order chi connectivity index (χ0) is 42.1. The molecule has 3 aromatic carbocycles. The highest BCUT2D eigenvalue weighted by molar-refractivity contribution is 7.94. The van der Waals surface area contributed by atoms with Gasteiger partial charge in [0.15, 0.2) is 9.84 Å². The fourth-order valence-electron chi connectivity index (χ4n) is 7.99. The third-order valence-electron chi connectivity index (χ3n) is 12.7. The topological polar surface area (TPSA) is 94.3 Å². The minimum Gasteiger partial charge on any atom is -0.487 e. The fraction of sp³-hybridized carbons (Fsp3) is 0.478. The molecular formula is C46H59ClFN3O4S. The van der Waals surface area contributed by atoms with Gasteiger partial charge in [-0.05, 0) is 170 Å². The molecule has 0 aliphatic rings. The number of furan rings is 1. The number of halogens is 2. The van der Waals surface area contributed by atoms with Crippen LogP contribution >= 0.6 is 11.6 Å². The lowest BCUT2D eigenvalue weighted by atomic mass is 9.68. The van der Waals surface area contributed by atoms with E-state index in [9.17, 15) is 8.42 Å². The summed E-state index contributed by atoms with van der Waals surface area (Å²) in [5, 5.41) is 4.83. The summed E-state index contributed by atoms with van der Waals surface area (Å²) in [6.45, 7) is 30.9. The summed E-state index contributed by atoms with van der Waals surface area (Å²) in [5.41, 5.74) is 8.02. The Hall–Kier alpha value is -3.95. The van der Waals surface area contributed by atoms with Crippen LogP contribution in [0.4, 0.5) is 15.9 Å². The van der Waals surface area contributed by atoms with Crippen molar-refractivity contribution in [1.82, 2.24) is 9.97 Å². The Morgan fingerprint density at radius 1 is 0.786 bits per heavy atom. The second kappa shape index (κ2) is 14.8. The average Bonchev–Trinajstić information content (AvgIpc) is 3.63. The predicted molar refractivity (Wildman–Crippen MR) is 230 cm³/mol. The first-order valence-electron chi connectivity index (χ1n) is 19.2. The van der Waals surface area contributed by atoms with E-state index in [0.29, 0.717) is 39.9 Å². The van der Waals surface area contributed by atoms with Gasteiger partial charge in [-0.25, -0.2) is 22.8 Å². The molecule has 0 bridgehead atoms. The van der Waals surface area contributed by atoms with Crippen LogP contribution in [0.3, 0.4) is 0 Å². The van der Waals surface area contributed by atoms with E-state index < -0.39 is 30.2 Å². The quantitative estimate of drug-likeness (QED) is 0.142. The van der Waals surface area contributed by atoms with Crippen molar-refractivity contribution in [1.29, 1.82) is 0 Å². The van der Waals surface area contributed by atoms with Crippen LogP contribution in [0.25, 0.3) is 22.2 Å². The number of ether oxygens (including phenoxy) is 1. The second-order valence-electron chi connectivity index (χ2n) is 18.3. The van der Waals surface area contributed by atoms with E-state index in [4.69, 9.17) is 20.8 Å². The zero-order valence-corrected chi connectivity index (χ0v) is 37.6. The first-order valence-corrected chi connectivity index (χ1v) is 21.1. The number of rotatable bonds is 11. The van der Waals surface area contributed by atoms with Gasteiger partial charge in [-0.2, -0.15) is 0 Å². The van der Waals surface area contributed by atoms with Gasteiger partial charge in [0.2, 0.25) is 0 Å². The number of sulfone groups is 1. The van der Waals surface area contributed by atoms with Crippen molar-refractivity contribution in [3.63, 3.8) is 0 Å². The highest BCUT2D eigenvalue weighted by atomic mass is 35.5. The van der Waals surface area contributed by atoms with Gasteiger partial charge in [-0.3, -0.25) is 0 Å². The van der Waals surface area contributed by atoms with Gasteiger partial charge in [0, 0.05) is 22.1 Å². The lowest BCUT2D eigenvalue weighted by molar-refractivity contribution is 0.181. The molecule has 0 radical (unpaired) electrons. The summed E-state index contributed by atoms with van der Waals surface area (Å²) >= 11 is 7.03. The van der Waals surface area contributed by atoms with E-state index in [1.807, 2.05) is 92.6 Å². The largest absolute Gasteiger partial charge is 0.487 e. The first-order chi connectivity index (χ1) is 25.7. The predicted octanol–water partition coefficient (Wildman–Crippen LogP) is 12.8. The maximum absolute atomic E-state index is 15.0. The highest BCUT2D eigenvalue weighted by Gasteiger charge is 2.53. The van der Waals surface area contributed by atoms with E-state index in [0.717, 1.165) is 61.3 Å². The van der Waals surface area contributed by atoms with Crippen LogP contribution in [0, 0.1) is 59.7 Å². The molecular weight excluding hydrogens is 745 g/mol. The molecule has 302 valence electrons. The summed E-state index contributed by atoms with van der Waals surface area (Å²) in [4.78, 5) is 9.19. The Morgan fingerprint density at radius 3 is 2.05 bits per heavy atom. The van der Waals surface area contributed by atoms with E-state index >= 15 is 4.39 Å². The van der Waals surface area contributed by atoms with Gasteiger partial charge in [0.1, 0.15) is 41.8 Å². The molecule has 2 aromatic heterocycles. The summed E-state index contributed by atoms with van der Waals surface area (Å²) < 4.78 is 53.5. The van der Waals surface area contributed by atoms with Crippen molar-refractivity contribution in [3.8, 4) is 17.1 Å². The molecule has 56 heavy (non-hydrogen) atoms. The number of aromatic nitrogens is 2. The van der Waals surface area contributed by atoms with Crippen molar-refractivity contribution < 1.29 is 22.0 Å². The molecule has 2 heterocycles. The molecule has 0 amide bonds. The third kappa shape index (κ3) is 7.34. The molecule has 0 fully saturated rings. The summed E-state index contributed by atoms with van der Waals surface area (Å²) in [6.07, 6.45) is 2.12. The van der Waals surface area contributed by atoms with Crippen LogP contribution in [0.1, 0.15) is 119 Å². The number of benzene rings is 3. The smallest absolute Gasteiger partial charge is 0.160 e.